The van der Waals surface area contributed by atoms with E-state index in [9.17, 15) is 0 Å². The Morgan fingerprint density at radius 3 is 2.42 bits per heavy atom. The Hall–Kier alpha value is -0.610. The van der Waals surface area contributed by atoms with Gasteiger partial charge in [0.25, 0.3) is 0 Å². The summed E-state index contributed by atoms with van der Waals surface area (Å²) >= 11 is 1.83. The Morgan fingerprint density at radius 1 is 1.32 bits per heavy atom. The van der Waals surface area contributed by atoms with Gasteiger partial charge in [-0.1, -0.05) is 20.8 Å². The lowest BCUT2D eigenvalue weighted by Gasteiger charge is -2.20. The maximum absolute atomic E-state index is 4.83. The highest BCUT2D eigenvalue weighted by molar-refractivity contribution is 7.15. The van der Waals surface area contributed by atoms with Crippen molar-refractivity contribution in [2.45, 2.75) is 66.0 Å². The summed E-state index contributed by atoms with van der Waals surface area (Å²) < 4.78 is 0. The molecule has 1 rings (SSSR count). The summed E-state index contributed by atoms with van der Waals surface area (Å²) in [7, 11) is 2.13. The fraction of sp³-hybridized carbons (Fsp3) is 0.800. The first-order valence-corrected chi connectivity index (χ1v) is 8.02. The van der Waals surface area contributed by atoms with Gasteiger partial charge < -0.3 is 10.2 Å². The van der Waals surface area contributed by atoms with Crippen LogP contribution < -0.4 is 10.2 Å². The number of rotatable bonds is 6. The summed E-state index contributed by atoms with van der Waals surface area (Å²) in [6, 6.07) is 0. The molecule has 1 aromatic rings. The van der Waals surface area contributed by atoms with Crippen LogP contribution in [0.4, 0.5) is 5.13 Å². The Labute approximate surface area is 122 Å². The van der Waals surface area contributed by atoms with Crippen molar-refractivity contribution < 1.29 is 0 Å². The van der Waals surface area contributed by atoms with E-state index in [0.717, 1.165) is 24.6 Å². The minimum Gasteiger partial charge on any atom is -0.351 e. The van der Waals surface area contributed by atoms with Crippen LogP contribution >= 0.6 is 11.3 Å². The summed E-state index contributed by atoms with van der Waals surface area (Å²) in [5.74, 6) is 0.483. The zero-order valence-electron chi connectivity index (χ0n) is 13.5. The number of anilines is 1. The van der Waals surface area contributed by atoms with E-state index in [1.165, 1.54) is 10.6 Å². The summed E-state index contributed by atoms with van der Waals surface area (Å²) in [6.07, 6.45) is 1.16. The average molecular weight is 283 g/mol. The molecule has 0 spiro atoms. The number of nitrogens with one attached hydrogen (secondary N) is 1. The van der Waals surface area contributed by atoms with Crippen LogP contribution in [0.2, 0.25) is 0 Å². The van der Waals surface area contributed by atoms with Gasteiger partial charge in [0.05, 0.1) is 5.69 Å². The van der Waals surface area contributed by atoms with Gasteiger partial charge in [0.2, 0.25) is 0 Å². The molecule has 110 valence electrons. The van der Waals surface area contributed by atoms with Crippen molar-refractivity contribution >= 4 is 16.5 Å². The third kappa shape index (κ3) is 5.11. The molecular weight excluding hydrogens is 254 g/mol. The maximum atomic E-state index is 4.83. The highest BCUT2D eigenvalue weighted by Crippen LogP contribution is 2.30. The average Bonchev–Trinajstić information content (AvgIpc) is 2.70. The lowest BCUT2D eigenvalue weighted by Crippen LogP contribution is -2.35. The molecule has 0 fully saturated rings. The van der Waals surface area contributed by atoms with Gasteiger partial charge in [0.15, 0.2) is 5.13 Å². The predicted molar refractivity (Wildman–Crippen MR) is 86.4 cm³/mol. The van der Waals surface area contributed by atoms with Crippen LogP contribution in [0.5, 0.6) is 0 Å². The number of hydrogen-bond acceptors (Lipinski definition) is 4. The van der Waals surface area contributed by atoms with Crippen LogP contribution in [0.25, 0.3) is 0 Å². The molecule has 0 aromatic carbocycles. The molecule has 0 aliphatic carbocycles. The first kappa shape index (κ1) is 16.4. The second-order valence-corrected chi connectivity index (χ2v) is 7.55. The van der Waals surface area contributed by atoms with Crippen molar-refractivity contribution in [3.8, 4) is 0 Å². The van der Waals surface area contributed by atoms with Gasteiger partial charge in [-0.2, -0.15) is 0 Å². The second-order valence-electron chi connectivity index (χ2n) is 6.48. The number of aromatic nitrogens is 1. The number of hydrogen-bond donors (Lipinski definition) is 1. The van der Waals surface area contributed by atoms with Crippen molar-refractivity contribution in [1.82, 2.24) is 10.3 Å². The molecular formula is C15H29N3S. The normalized spacial score (nSPS) is 12.2. The minimum atomic E-state index is 0.147. The van der Waals surface area contributed by atoms with Crippen molar-refractivity contribution in [2.24, 2.45) is 0 Å². The molecule has 1 N–H and O–H groups in total. The fourth-order valence-electron chi connectivity index (χ4n) is 1.87. The SMILES string of the molecule is CCCN(C)c1nc(C(C)C)c(CNC(C)(C)C)s1. The predicted octanol–water partition coefficient (Wildman–Crippen LogP) is 4.00. The van der Waals surface area contributed by atoms with Crippen LogP contribution in [0.15, 0.2) is 0 Å². The molecule has 1 heterocycles. The number of thiazole rings is 1. The fourth-order valence-corrected chi connectivity index (χ4v) is 3.01. The van der Waals surface area contributed by atoms with Gasteiger partial charge >= 0.3 is 0 Å². The topological polar surface area (TPSA) is 28.2 Å². The zero-order valence-corrected chi connectivity index (χ0v) is 14.3. The standard InChI is InChI=1S/C15H29N3S/c1-8-9-18(7)14-17-13(11(2)3)12(19-14)10-16-15(4,5)6/h11,16H,8-10H2,1-7H3. The van der Waals surface area contributed by atoms with Gasteiger partial charge in [0, 0.05) is 30.6 Å². The van der Waals surface area contributed by atoms with Gasteiger partial charge in [-0.3, -0.25) is 0 Å². The molecule has 0 aliphatic rings. The van der Waals surface area contributed by atoms with Crippen molar-refractivity contribution in [3.63, 3.8) is 0 Å². The monoisotopic (exact) mass is 283 g/mol. The molecule has 1 aromatic heterocycles. The largest absolute Gasteiger partial charge is 0.351 e. The first-order valence-electron chi connectivity index (χ1n) is 7.20. The highest BCUT2D eigenvalue weighted by atomic mass is 32.1. The number of nitrogens with zero attached hydrogens (tertiary/aromatic N) is 2. The molecule has 0 amide bonds. The third-order valence-corrected chi connectivity index (χ3v) is 4.11. The van der Waals surface area contributed by atoms with Crippen LogP contribution in [0.1, 0.15) is 64.5 Å². The Kier molecular flexibility index (Phi) is 5.81. The van der Waals surface area contributed by atoms with E-state index in [1.54, 1.807) is 0 Å². The molecule has 0 bridgehead atoms. The molecule has 0 saturated heterocycles. The van der Waals surface area contributed by atoms with Crippen LogP contribution in [-0.4, -0.2) is 24.1 Å². The lowest BCUT2D eigenvalue weighted by atomic mass is 10.1. The first-order chi connectivity index (χ1) is 8.74. The van der Waals surface area contributed by atoms with E-state index >= 15 is 0 Å². The molecule has 0 aliphatic heterocycles. The van der Waals surface area contributed by atoms with E-state index < -0.39 is 0 Å². The summed E-state index contributed by atoms with van der Waals surface area (Å²) in [6.45, 7) is 15.2. The third-order valence-electron chi connectivity index (χ3n) is 2.93. The molecule has 0 saturated carbocycles. The molecule has 4 heteroatoms. The Bertz CT molecular complexity index is 391. The maximum Gasteiger partial charge on any atom is 0.185 e. The van der Waals surface area contributed by atoms with E-state index in [0.29, 0.717) is 5.92 Å². The molecule has 19 heavy (non-hydrogen) atoms. The van der Waals surface area contributed by atoms with Crippen LogP contribution in [0, 0.1) is 0 Å². The highest BCUT2D eigenvalue weighted by Gasteiger charge is 2.18. The van der Waals surface area contributed by atoms with Crippen LogP contribution in [0.3, 0.4) is 0 Å². The van der Waals surface area contributed by atoms with E-state index in [4.69, 9.17) is 4.98 Å². The lowest BCUT2D eigenvalue weighted by molar-refractivity contribution is 0.425. The minimum absolute atomic E-state index is 0.147. The van der Waals surface area contributed by atoms with E-state index in [1.807, 2.05) is 11.3 Å². The second kappa shape index (κ2) is 6.71. The molecule has 0 unspecified atom stereocenters. The van der Waals surface area contributed by atoms with Crippen molar-refractivity contribution in [3.05, 3.63) is 10.6 Å². The van der Waals surface area contributed by atoms with Crippen molar-refractivity contribution in [1.29, 1.82) is 0 Å². The van der Waals surface area contributed by atoms with Gasteiger partial charge in [-0.05, 0) is 33.1 Å². The van der Waals surface area contributed by atoms with Gasteiger partial charge in [0.1, 0.15) is 0 Å². The molecule has 3 nitrogen and oxygen atoms in total. The molecule has 0 radical (unpaired) electrons. The van der Waals surface area contributed by atoms with Crippen LogP contribution in [-0.2, 0) is 6.54 Å². The Balaban J connectivity index is 2.89. The summed E-state index contributed by atoms with van der Waals surface area (Å²) in [4.78, 5) is 8.47. The summed E-state index contributed by atoms with van der Waals surface area (Å²) in [5, 5.41) is 4.72. The van der Waals surface area contributed by atoms with Gasteiger partial charge in [-0.15, -0.1) is 11.3 Å². The van der Waals surface area contributed by atoms with Gasteiger partial charge in [-0.25, -0.2) is 4.98 Å². The zero-order chi connectivity index (χ0) is 14.6. The molecule has 0 atom stereocenters. The van der Waals surface area contributed by atoms with E-state index in [-0.39, 0.29) is 5.54 Å². The summed E-state index contributed by atoms with van der Waals surface area (Å²) in [5.41, 5.74) is 1.40. The Morgan fingerprint density at radius 2 is 1.95 bits per heavy atom. The quantitative estimate of drug-likeness (QED) is 0.855. The van der Waals surface area contributed by atoms with Crippen molar-refractivity contribution in [2.75, 3.05) is 18.5 Å². The smallest absolute Gasteiger partial charge is 0.185 e. The van der Waals surface area contributed by atoms with E-state index in [2.05, 4.69) is 58.8 Å².